The highest BCUT2D eigenvalue weighted by Crippen LogP contribution is 2.26. The number of methoxy groups -OCH3 is 1. The Morgan fingerprint density at radius 2 is 1.92 bits per heavy atom. The van der Waals surface area contributed by atoms with Crippen molar-refractivity contribution in [3.63, 3.8) is 0 Å². The van der Waals surface area contributed by atoms with Gasteiger partial charge in [0, 0.05) is 6.04 Å². The van der Waals surface area contributed by atoms with Gasteiger partial charge in [0.1, 0.15) is 5.70 Å². The smallest absolute Gasteiger partial charge is 0.337 e. The standard InChI is InChI=1S/C18H20N2O3S/c1-23-17(22)13-9-7-12(8-10-13)11-15-16(21)20(18(24)19-15)14-5-3-2-4-6-14/h7-11,14H,2-6H2,1H3,(H,19,24)/b15-11+. The van der Waals surface area contributed by atoms with E-state index in [1.54, 1.807) is 35.2 Å². The van der Waals surface area contributed by atoms with Gasteiger partial charge >= 0.3 is 5.97 Å². The van der Waals surface area contributed by atoms with Gasteiger partial charge in [-0.05, 0) is 48.8 Å². The van der Waals surface area contributed by atoms with Crippen LogP contribution >= 0.6 is 12.2 Å². The average molecular weight is 344 g/mol. The summed E-state index contributed by atoms with van der Waals surface area (Å²) in [6, 6.07) is 7.11. The molecule has 24 heavy (non-hydrogen) atoms. The van der Waals surface area contributed by atoms with Gasteiger partial charge in [0.25, 0.3) is 5.91 Å². The molecule has 2 aliphatic rings. The van der Waals surface area contributed by atoms with Crippen LogP contribution in [0.5, 0.6) is 0 Å². The number of ether oxygens (including phenoxy) is 1. The molecule has 1 saturated carbocycles. The van der Waals surface area contributed by atoms with Crippen molar-refractivity contribution in [2.45, 2.75) is 38.1 Å². The van der Waals surface area contributed by atoms with Gasteiger partial charge in [0.05, 0.1) is 12.7 Å². The molecule has 6 heteroatoms. The minimum Gasteiger partial charge on any atom is -0.465 e. The zero-order valence-electron chi connectivity index (χ0n) is 13.6. The van der Waals surface area contributed by atoms with Crippen molar-refractivity contribution in [2.24, 2.45) is 0 Å². The Balaban J connectivity index is 1.77. The van der Waals surface area contributed by atoms with E-state index in [0.29, 0.717) is 16.4 Å². The summed E-state index contributed by atoms with van der Waals surface area (Å²) in [6.07, 6.45) is 7.30. The summed E-state index contributed by atoms with van der Waals surface area (Å²) in [6.45, 7) is 0. The van der Waals surface area contributed by atoms with E-state index in [4.69, 9.17) is 12.2 Å². The lowest BCUT2D eigenvalue weighted by Gasteiger charge is -2.29. The van der Waals surface area contributed by atoms with Crippen molar-refractivity contribution in [1.82, 2.24) is 10.2 Å². The maximum Gasteiger partial charge on any atom is 0.337 e. The van der Waals surface area contributed by atoms with E-state index in [0.717, 1.165) is 31.2 Å². The highest BCUT2D eigenvalue weighted by Gasteiger charge is 2.36. The molecule has 1 aliphatic heterocycles. The molecule has 3 rings (SSSR count). The topological polar surface area (TPSA) is 58.6 Å². The van der Waals surface area contributed by atoms with Gasteiger partial charge in [0.2, 0.25) is 0 Å². The zero-order chi connectivity index (χ0) is 17.1. The molecule has 0 unspecified atom stereocenters. The van der Waals surface area contributed by atoms with Crippen LogP contribution in [0.15, 0.2) is 30.0 Å². The Morgan fingerprint density at radius 1 is 1.25 bits per heavy atom. The molecule has 1 aromatic rings. The molecule has 0 radical (unpaired) electrons. The summed E-state index contributed by atoms with van der Waals surface area (Å²) in [5.41, 5.74) is 1.79. The molecule has 1 amide bonds. The molecule has 2 fully saturated rings. The monoisotopic (exact) mass is 344 g/mol. The summed E-state index contributed by atoms with van der Waals surface area (Å²) < 4.78 is 4.68. The Kier molecular flexibility index (Phi) is 4.94. The number of amides is 1. The third-order valence-corrected chi connectivity index (χ3v) is 4.79. The van der Waals surface area contributed by atoms with Crippen molar-refractivity contribution in [3.05, 3.63) is 41.1 Å². The Bertz CT molecular complexity index is 691. The number of rotatable bonds is 3. The van der Waals surface area contributed by atoms with Crippen molar-refractivity contribution in [1.29, 1.82) is 0 Å². The second kappa shape index (κ2) is 7.13. The fourth-order valence-electron chi connectivity index (χ4n) is 3.22. The van der Waals surface area contributed by atoms with Gasteiger partial charge in [-0.2, -0.15) is 0 Å². The first-order valence-electron chi connectivity index (χ1n) is 8.15. The maximum atomic E-state index is 12.7. The van der Waals surface area contributed by atoms with Crippen molar-refractivity contribution < 1.29 is 14.3 Å². The third kappa shape index (κ3) is 3.33. The second-order valence-corrected chi connectivity index (χ2v) is 6.46. The lowest BCUT2D eigenvalue weighted by Crippen LogP contribution is -2.41. The van der Waals surface area contributed by atoms with E-state index in [9.17, 15) is 9.59 Å². The van der Waals surface area contributed by atoms with Crippen LogP contribution in [0.1, 0.15) is 48.0 Å². The summed E-state index contributed by atoms with van der Waals surface area (Å²) in [5.74, 6) is -0.446. The Labute approximate surface area is 146 Å². The van der Waals surface area contributed by atoms with Crippen molar-refractivity contribution in [3.8, 4) is 0 Å². The van der Waals surface area contributed by atoms with Gasteiger partial charge < -0.3 is 10.1 Å². The van der Waals surface area contributed by atoms with Gasteiger partial charge in [0.15, 0.2) is 5.11 Å². The second-order valence-electron chi connectivity index (χ2n) is 6.07. The molecule has 126 valence electrons. The molecule has 1 saturated heterocycles. The average Bonchev–Trinajstić information content (AvgIpc) is 2.89. The van der Waals surface area contributed by atoms with Crippen molar-refractivity contribution >= 4 is 35.3 Å². The Morgan fingerprint density at radius 3 is 2.54 bits per heavy atom. The van der Waals surface area contributed by atoms with Gasteiger partial charge in [-0.1, -0.05) is 31.4 Å². The maximum absolute atomic E-state index is 12.7. The number of carbonyl (C=O) groups excluding carboxylic acids is 2. The fourth-order valence-corrected chi connectivity index (χ4v) is 3.56. The number of thiocarbonyl (C=S) groups is 1. The highest BCUT2D eigenvalue weighted by atomic mass is 32.1. The van der Waals surface area contributed by atoms with Crippen molar-refractivity contribution in [2.75, 3.05) is 7.11 Å². The molecule has 0 atom stereocenters. The molecule has 1 aromatic carbocycles. The van der Waals surface area contributed by atoms with Crippen LogP contribution in [0.3, 0.4) is 0 Å². The molecule has 1 aliphatic carbocycles. The first kappa shape index (κ1) is 16.6. The molecule has 0 bridgehead atoms. The minimum absolute atomic E-state index is 0.0658. The number of hydrogen-bond donors (Lipinski definition) is 1. The van der Waals surface area contributed by atoms with E-state index in [1.807, 2.05) is 0 Å². The first-order valence-corrected chi connectivity index (χ1v) is 8.55. The summed E-state index contributed by atoms with van der Waals surface area (Å²) in [5, 5.41) is 3.52. The van der Waals surface area contributed by atoms with Crippen LogP contribution in [-0.2, 0) is 9.53 Å². The van der Waals surface area contributed by atoms with Crippen LogP contribution < -0.4 is 5.32 Å². The van der Waals surface area contributed by atoms with Crippen LogP contribution in [0.4, 0.5) is 0 Å². The minimum atomic E-state index is -0.381. The summed E-state index contributed by atoms with van der Waals surface area (Å²) in [4.78, 5) is 25.9. The molecule has 1 heterocycles. The molecule has 5 nitrogen and oxygen atoms in total. The number of esters is 1. The van der Waals surface area contributed by atoms with Gasteiger partial charge in [-0.25, -0.2) is 4.79 Å². The SMILES string of the molecule is COC(=O)c1ccc(/C=C2/NC(=S)N(C3CCCCC3)C2=O)cc1. The van der Waals surface area contributed by atoms with E-state index < -0.39 is 0 Å². The van der Waals surface area contributed by atoms with Gasteiger partial charge in [-0.3, -0.25) is 9.69 Å². The molecular formula is C18H20N2O3S. The molecule has 0 spiro atoms. The first-order chi connectivity index (χ1) is 11.6. The molecule has 0 aromatic heterocycles. The number of carbonyl (C=O) groups is 2. The number of benzene rings is 1. The predicted octanol–water partition coefficient (Wildman–Crippen LogP) is 2.86. The predicted molar refractivity (Wildman–Crippen MR) is 95.2 cm³/mol. The Hall–Kier alpha value is -2.21. The number of nitrogens with zero attached hydrogens (tertiary/aromatic N) is 1. The van der Waals surface area contributed by atoms with Crippen LogP contribution in [-0.4, -0.2) is 35.0 Å². The molecular weight excluding hydrogens is 324 g/mol. The van der Waals surface area contributed by atoms with Gasteiger partial charge in [-0.15, -0.1) is 0 Å². The number of hydrogen-bond acceptors (Lipinski definition) is 4. The lowest BCUT2D eigenvalue weighted by molar-refractivity contribution is -0.124. The lowest BCUT2D eigenvalue weighted by atomic mass is 9.94. The fraction of sp³-hybridized carbons (Fsp3) is 0.389. The quantitative estimate of drug-likeness (QED) is 0.519. The largest absolute Gasteiger partial charge is 0.465 e. The van der Waals surface area contributed by atoms with E-state index >= 15 is 0 Å². The summed E-state index contributed by atoms with van der Waals surface area (Å²) >= 11 is 5.35. The normalized spacial score (nSPS) is 20.4. The summed E-state index contributed by atoms with van der Waals surface area (Å²) in [7, 11) is 1.35. The molecule has 1 N–H and O–H groups in total. The van der Waals surface area contributed by atoms with Crippen LogP contribution in [0, 0.1) is 0 Å². The van der Waals surface area contributed by atoms with E-state index in [1.165, 1.54) is 13.5 Å². The third-order valence-electron chi connectivity index (χ3n) is 4.49. The van der Waals surface area contributed by atoms with E-state index in [2.05, 4.69) is 10.1 Å². The van der Waals surface area contributed by atoms with Crippen LogP contribution in [0.25, 0.3) is 6.08 Å². The van der Waals surface area contributed by atoms with E-state index in [-0.39, 0.29) is 17.9 Å². The number of nitrogens with one attached hydrogen (secondary N) is 1. The highest BCUT2D eigenvalue weighted by molar-refractivity contribution is 7.80. The van der Waals surface area contributed by atoms with Crippen LogP contribution in [0.2, 0.25) is 0 Å². The zero-order valence-corrected chi connectivity index (χ0v) is 14.4.